The third-order valence-corrected chi connectivity index (χ3v) is 15.5. The minimum absolute atomic E-state index is 0.530. The topological polar surface area (TPSA) is 39.9 Å². The summed E-state index contributed by atoms with van der Waals surface area (Å²) in [7, 11) is 0. The van der Waals surface area contributed by atoms with Crippen molar-refractivity contribution >= 4 is 21.8 Å². The molecule has 0 N–H and O–H groups in total. The van der Waals surface area contributed by atoms with Gasteiger partial charge in [-0.25, -0.2) is 9.97 Å². The highest BCUT2D eigenvalue weighted by molar-refractivity contribution is 6.11. The summed E-state index contributed by atoms with van der Waals surface area (Å²) in [6.07, 6.45) is 0.773. The van der Waals surface area contributed by atoms with Gasteiger partial charge in [-0.2, -0.15) is 0 Å². The van der Waals surface area contributed by atoms with Gasteiger partial charge in [0.15, 0.2) is 5.82 Å². The van der Waals surface area contributed by atoms with Crippen molar-refractivity contribution in [2.75, 3.05) is 0 Å². The van der Waals surface area contributed by atoms with Crippen molar-refractivity contribution in [1.82, 2.24) is 14.5 Å². The van der Waals surface area contributed by atoms with Gasteiger partial charge in [-0.3, -0.25) is 0 Å². The normalized spacial score (nSPS) is 14.7. The van der Waals surface area contributed by atoms with Crippen molar-refractivity contribution in [2.45, 2.75) is 18.8 Å². The summed E-state index contributed by atoms with van der Waals surface area (Å²) in [6.45, 7) is 2.27. The second-order valence-corrected chi connectivity index (χ2v) is 19.2. The summed E-state index contributed by atoms with van der Waals surface area (Å²) in [5.74, 6) is 2.53. The van der Waals surface area contributed by atoms with E-state index in [4.69, 9.17) is 14.7 Å². The molecule has 15 rings (SSSR count). The Morgan fingerprint density at radius 2 is 1.04 bits per heavy atom. The summed E-state index contributed by atoms with van der Waals surface area (Å²) in [6, 6.07) is 83.7. The molecule has 0 saturated heterocycles. The van der Waals surface area contributed by atoms with Crippen LogP contribution < -0.4 is 4.74 Å². The fourth-order valence-corrected chi connectivity index (χ4v) is 12.4. The number of para-hydroxylation sites is 2. The number of rotatable bonds is 5. The molecule has 2 bridgehead atoms. The molecular formula is C67H43N3O. The van der Waals surface area contributed by atoms with Crippen molar-refractivity contribution in [3.8, 4) is 84.5 Å². The molecule has 4 nitrogen and oxygen atoms in total. The van der Waals surface area contributed by atoms with Gasteiger partial charge in [-0.05, 0) is 134 Å². The SMILES string of the molecule is Cc1c2ccc3c1C1(c4ccccc4-c4cccc(c41)Cc1ccccc1O2)c1cc(-c2ccc4c(c2)c2ccccc2n4-c2cccc(-c4cc(-c5ccccc5)nc(-c5ccccc5)n4)c2)ccc1-3. The van der Waals surface area contributed by atoms with E-state index in [1.54, 1.807) is 0 Å². The van der Waals surface area contributed by atoms with Crippen molar-refractivity contribution in [3.05, 3.63) is 269 Å². The van der Waals surface area contributed by atoms with Crippen LogP contribution in [0, 0.1) is 6.92 Å². The Morgan fingerprint density at radius 3 is 1.93 bits per heavy atom. The fraction of sp³-hybridized carbons (Fsp3) is 0.0448. The maximum absolute atomic E-state index is 6.91. The molecule has 2 aromatic heterocycles. The summed E-state index contributed by atoms with van der Waals surface area (Å²) in [4.78, 5) is 10.3. The Balaban J connectivity index is 0.902. The van der Waals surface area contributed by atoms with Gasteiger partial charge in [0.25, 0.3) is 0 Å². The van der Waals surface area contributed by atoms with Crippen molar-refractivity contribution in [1.29, 1.82) is 0 Å². The molecule has 1 aliphatic heterocycles. The number of benzene rings is 10. The second kappa shape index (κ2) is 15.2. The number of hydrogen-bond donors (Lipinski definition) is 0. The van der Waals surface area contributed by atoms with Crippen LogP contribution in [0.3, 0.4) is 0 Å². The Kier molecular flexibility index (Phi) is 8.52. The molecule has 1 unspecified atom stereocenters. The largest absolute Gasteiger partial charge is 0.457 e. The van der Waals surface area contributed by atoms with Crippen LogP contribution >= 0.6 is 0 Å². The predicted molar refractivity (Wildman–Crippen MR) is 288 cm³/mol. The van der Waals surface area contributed by atoms with Crippen molar-refractivity contribution < 1.29 is 4.74 Å². The molecule has 332 valence electrons. The first-order chi connectivity index (χ1) is 35.1. The highest BCUT2D eigenvalue weighted by Crippen LogP contribution is 2.66. The Bertz CT molecular complexity index is 4130. The maximum Gasteiger partial charge on any atom is 0.160 e. The molecule has 1 atom stereocenters. The number of hydrogen-bond acceptors (Lipinski definition) is 3. The van der Waals surface area contributed by atoms with Crippen LogP contribution in [0.15, 0.2) is 231 Å². The Labute approximate surface area is 411 Å². The summed E-state index contributed by atoms with van der Waals surface area (Å²) in [5, 5.41) is 2.42. The van der Waals surface area contributed by atoms with Gasteiger partial charge in [0.05, 0.1) is 27.8 Å². The molecule has 10 aromatic carbocycles. The van der Waals surface area contributed by atoms with Crippen molar-refractivity contribution in [2.24, 2.45) is 0 Å². The van der Waals surface area contributed by atoms with Gasteiger partial charge < -0.3 is 9.30 Å². The molecule has 3 aliphatic rings. The van der Waals surface area contributed by atoms with Crippen LogP contribution in [-0.4, -0.2) is 14.5 Å². The second-order valence-electron chi connectivity index (χ2n) is 19.2. The Hall–Kier alpha value is -9.12. The summed E-state index contributed by atoms with van der Waals surface area (Å²) < 4.78 is 9.32. The zero-order valence-corrected chi connectivity index (χ0v) is 38.9. The van der Waals surface area contributed by atoms with E-state index >= 15 is 0 Å². The predicted octanol–water partition coefficient (Wildman–Crippen LogP) is 16.6. The summed E-state index contributed by atoms with van der Waals surface area (Å²) in [5.41, 5.74) is 24.3. The molecule has 12 aromatic rings. The average molecular weight is 906 g/mol. The smallest absolute Gasteiger partial charge is 0.160 e. The van der Waals surface area contributed by atoms with Crippen LogP contribution in [0.2, 0.25) is 0 Å². The highest BCUT2D eigenvalue weighted by atomic mass is 16.5. The molecule has 2 aliphatic carbocycles. The molecule has 3 heterocycles. The number of aromatic nitrogens is 3. The number of ether oxygens (including phenoxy) is 1. The molecule has 1 spiro atoms. The first-order valence-electron chi connectivity index (χ1n) is 24.5. The van der Waals surface area contributed by atoms with Crippen LogP contribution in [0.5, 0.6) is 11.5 Å². The van der Waals surface area contributed by atoms with Crippen molar-refractivity contribution in [3.63, 3.8) is 0 Å². The first-order valence-corrected chi connectivity index (χ1v) is 24.5. The van der Waals surface area contributed by atoms with Gasteiger partial charge in [0.1, 0.15) is 11.5 Å². The van der Waals surface area contributed by atoms with Crippen LogP contribution in [0.1, 0.15) is 38.9 Å². The van der Waals surface area contributed by atoms with E-state index in [1.807, 2.05) is 24.3 Å². The molecule has 0 radical (unpaired) electrons. The number of fused-ring (bicyclic) bond motifs is 9. The molecule has 0 saturated carbocycles. The standard InChI is InChI=1S/C67H43N3O/c1-41-62-35-33-54-51-32-30-45(39-57(51)67(64(41)54)56-27-11-9-24-50(56)53-26-15-22-48(65(53)67)36-47-20-8-13-29-63(47)71-62)44-31-34-61-55(38-44)52-25-10-12-28-60(52)70(61)49-23-14-21-46(37-49)59-40-58(42-16-4-2-5-17-42)68-66(69-59)43-18-6-3-7-19-43/h2-35,37-40H,36H2,1H3. The van der Waals surface area contributed by atoms with Crippen LogP contribution in [-0.2, 0) is 11.8 Å². The minimum atomic E-state index is -0.530. The zero-order valence-electron chi connectivity index (χ0n) is 38.9. The van der Waals surface area contributed by atoms with E-state index in [2.05, 4.69) is 218 Å². The van der Waals surface area contributed by atoms with Gasteiger partial charge in [-0.1, -0.05) is 176 Å². The lowest BCUT2D eigenvalue weighted by molar-refractivity contribution is 0.471. The van der Waals surface area contributed by atoms with E-state index < -0.39 is 5.41 Å². The molecule has 71 heavy (non-hydrogen) atoms. The van der Waals surface area contributed by atoms with Gasteiger partial charge in [0, 0.05) is 39.6 Å². The molecule has 4 heteroatoms. The maximum atomic E-state index is 6.91. The zero-order chi connectivity index (χ0) is 46.8. The van der Waals surface area contributed by atoms with E-state index in [-0.39, 0.29) is 0 Å². The van der Waals surface area contributed by atoms with Gasteiger partial charge in [-0.15, -0.1) is 0 Å². The Morgan fingerprint density at radius 1 is 0.408 bits per heavy atom. The third-order valence-electron chi connectivity index (χ3n) is 15.5. The fourth-order valence-electron chi connectivity index (χ4n) is 12.4. The average Bonchev–Trinajstić information content (AvgIpc) is 4.06. The van der Waals surface area contributed by atoms with Gasteiger partial charge >= 0.3 is 0 Å². The molecular weight excluding hydrogens is 863 g/mol. The molecule has 0 amide bonds. The lowest BCUT2D eigenvalue weighted by Crippen LogP contribution is -2.28. The van der Waals surface area contributed by atoms with Gasteiger partial charge in [0.2, 0.25) is 0 Å². The lowest BCUT2D eigenvalue weighted by atomic mass is 9.67. The molecule has 0 fully saturated rings. The monoisotopic (exact) mass is 905 g/mol. The number of nitrogens with zero attached hydrogens (tertiary/aromatic N) is 3. The lowest BCUT2D eigenvalue weighted by Gasteiger charge is -2.34. The van der Waals surface area contributed by atoms with E-state index in [0.29, 0.717) is 5.82 Å². The third kappa shape index (κ3) is 5.79. The summed E-state index contributed by atoms with van der Waals surface area (Å²) >= 11 is 0. The van der Waals surface area contributed by atoms with E-state index in [9.17, 15) is 0 Å². The minimum Gasteiger partial charge on any atom is -0.457 e. The van der Waals surface area contributed by atoms with E-state index in [0.717, 1.165) is 62.7 Å². The highest BCUT2D eigenvalue weighted by Gasteiger charge is 2.54. The van der Waals surface area contributed by atoms with Crippen LogP contribution in [0.25, 0.3) is 94.8 Å². The first kappa shape index (κ1) is 39.8. The quantitative estimate of drug-likeness (QED) is 0.173. The van der Waals surface area contributed by atoms with Crippen LogP contribution in [0.4, 0.5) is 0 Å². The van der Waals surface area contributed by atoms with E-state index in [1.165, 1.54) is 83.1 Å².